The molecule has 1 aromatic carbocycles. The number of hydrogen-bond donors (Lipinski definition) is 2. The molecule has 0 bridgehead atoms. The van der Waals surface area contributed by atoms with Gasteiger partial charge in [0.15, 0.2) is 0 Å². The molecule has 0 radical (unpaired) electrons. The quantitative estimate of drug-likeness (QED) is 0.807. The number of benzene rings is 1. The monoisotopic (exact) mass is 357 g/mol. The van der Waals surface area contributed by atoms with E-state index in [0.29, 0.717) is 11.4 Å². The minimum atomic E-state index is -3.56. The highest BCUT2D eigenvalue weighted by molar-refractivity contribution is 9.09. The molecule has 2 rings (SSSR count). The van der Waals surface area contributed by atoms with Crippen molar-refractivity contribution in [2.45, 2.75) is 23.6 Å². The van der Waals surface area contributed by atoms with Gasteiger partial charge in [0, 0.05) is 6.54 Å². The molecule has 7 heteroatoms. The van der Waals surface area contributed by atoms with Crippen LogP contribution in [0.3, 0.4) is 0 Å². The standard InChI is InChI=1S/C13H16BrN3O2S/c1-9-13(10(2)17-16-9)20(18,19)15-8-12(14)11-6-4-3-5-7-11/h3-7,12,15H,8H2,1-2H3,(H,16,17). The molecule has 0 aliphatic rings. The highest BCUT2D eigenvalue weighted by Crippen LogP contribution is 2.23. The zero-order valence-electron chi connectivity index (χ0n) is 11.2. The zero-order chi connectivity index (χ0) is 14.8. The number of aryl methyl sites for hydroxylation is 2. The lowest BCUT2D eigenvalue weighted by atomic mass is 10.2. The smallest absolute Gasteiger partial charge is 0.244 e. The normalized spacial score (nSPS) is 13.3. The third-order valence-electron chi connectivity index (χ3n) is 2.94. The molecular weight excluding hydrogens is 342 g/mol. The average Bonchev–Trinajstić information content (AvgIpc) is 2.77. The fourth-order valence-corrected chi connectivity index (χ4v) is 4.07. The van der Waals surface area contributed by atoms with E-state index in [1.54, 1.807) is 13.8 Å². The summed E-state index contributed by atoms with van der Waals surface area (Å²) in [6, 6.07) is 9.65. The Morgan fingerprint density at radius 3 is 2.50 bits per heavy atom. The summed E-state index contributed by atoms with van der Waals surface area (Å²) >= 11 is 3.49. The maximum atomic E-state index is 12.3. The van der Waals surface area contributed by atoms with Gasteiger partial charge >= 0.3 is 0 Å². The van der Waals surface area contributed by atoms with Gasteiger partial charge in [-0.05, 0) is 19.4 Å². The first-order valence-electron chi connectivity index (χ1n) is 6.12. The van der Waals surface area contributed by atoms with Crippen LogP contribution in [0.15, 0.2) is 35.2 Å². The van der Waals surface area contributed by atoms with Crippen LogP contribution in [0.4, 0.5) is 0 Å². The van der Waals surface area contributed by atoms with Crippen LogP contribution < -0.4 is 4.72 Å². The van der Waals surface area contributed by atoms with E-state index in [-0.39, 0.29) is 16.3 Å². The van der Waals surface area contributed by atoms with Crippen molar-refractivity contribution in [1.82, 2.24) is 14.9 Å². The lowest BCUT2D eigenvalue weighted by molar-refractivity contribution is 0.580. The molecule has 0 saturated heterocycles. The first-order valence-corrected chi connectivity index (χ1v) is 8.52. The Labute approximate surface area is 127 Å². The van der Waals surface area contributed by atoms with E-state index in [9.17, 15) is 8.42 Å². The maximum absolute atomic E-state index is 12.3. The lowest BCUT2D eigenvalue weighted by Gasteiger charge is -2.12. The summed E-state index contributed by atoms with van der Waals surface area (Å²) in [6.07, 6.45) is 0. The van der Waals surface area contributed by atoms with Crippen LogP contribution in [0.1, 0.15) is 21.8 Å². The van der Waals surface area contributed by atoms with Crippen molar-refractivity contribution in [2.75, 3.05) is 6.54 Å². The number of aromatic amines is 1. The van der Waals surface area contributed by atoms with Gasteiger partial charge in [0.1, 0.15) is 4.90 Å². The summed E-state index contributed by atoms with van der Waals surface area (Å²) in [7, 11) is -3.56. The molecule has 1 atom stereocenters. The molecule has 0 saturated carbocycles. The van der Waals surface area contributed by atoms with Gasteiger partial charge in [-0.3, -0.25) is 5.10 Å². The predicted octanol–water partition coefficient (Wildman–Crippen LogP) is 2.44. The van der Waals surface area contributed by atoms with Crippen LogP contribution >= 0.6 is 15.9 Å². The molecule has 108 valence electrons. The van der Waals surface area contributed by atoms with E-state index in [0.717, 1.165) is 5.56 Å². The molecule has 0 fully saturated rings. The second-order valence-corrected chi connectivity index (χ2v) is 7.30. The SMILES string of the molecule is Cc1n[nH]c(C)c1S(=O)(=O)NCC(Br)c1ccccc1. The first-order chi connectivity index (χ1) is 9.42. The summed E-state index contributed by atoms with van der Waals surface area (Å²) in [4.78, 5) is 0.149. The fourth-order valence-electron chi connectivity index (χ4n) is 1.97. The molecule has 1 heterocycles. The van der Waals surface area contributed by atoms with E-state index in [1.807, 2.05) is 30.3 Å². The summed E-state index contributed by atoms with van der Waals surface area (Å²) in [5, 5.41) is 6.59. The van der Waals surface area contributed by atoms with Crippen molar-refractivity contribution in [3.8, 4) is 0 Å². The summed E-state index contributed by atoms with van der Waals surface area (Å²) < 4.78 is 27.2. The molecule has 0 spiro atoms. The van der Waals surface area contributed by atoms with Crippen LogP contribution in [-0.2, 0) is 10.0 Å². The number of H-pyrrole nitrogens is 1. The lowest BCUT2D eigenvalue weighted by Crippen LogP contribution is -2.27. The number of alkyl halides is 1. The molecule has 1 unspecified atom stereocenters. The third-order valence-corrected chi connectivity index (χ3v) is 5.48. The van der Waals surface area contributed by atoms with Crippen LogP contribution in [-0.4, -0.2) is 25.2 Å². The van der Waals surface area contributed by atoms with Crippen molar-refractivity contribution in [2.24, 2.45) is 0 Å². The van der Waals surface area contributed by atoms with Crippen LogP contribution in [0.25, 0.3) is 0 Å². The van der Waals surface area contributed by atoms with Gasteiger partial charge in [-0.2, -0.15) is 5.10 Å². The summed E-state index contributed by atoms with van der Waals surface area (Å²) in [5.41, 5.74) is 2.04. The Morgan fingerprint density at radius 2 is 1.95 bits per heavy atom. The van der Waals surface area contributed by atoms with Gasteiger partial charge in [-0.25, -0.2) is 13.1 Å². The Bertz CT molecular complexity index is 663. The first kappa shape index (κ1) is 15.2. The van der Waals surface area contributed by atoms with E-state index in [2.05, 4.69) is 30.8 Å². The van der Waals surface area contributed by atoms with Crippen molar-refractivity contribution in [3.63, 3.8) is 0 Å². The van der Waals surface area contributed by atoms with Crippen LogP contribution in [0.5, 0.6) is 0 Å². The highest BCUT2D eigenvalue weighted by atomic mass is 79.9. The van der Waals surface area contributed by atoms with Crippen molar-refractivity contribution < 1.29 is 8.42 Å². The number of halogens is 1. The molecule has 20 heavy (non-hydrogen) atoms. The van der Waals surface area contributed by atoms with Gasteiger partial charge in [0.25, 0.3) is 0 Å². The number of rotatable bonds is 5. The number of aromatic nitrogens is 2. The summed E-state index contributed by atoms with van der Waals surface area (Å²) in [6.45, 7) is 3.63. The van der Waals surface area contributed by atoms with Gasteiger partial charge in [-0.1, -0.05) is 46.3 Å². The van der Waals surface area contributed by atoms with Crippen LogP contribution in [0.2, 0.25) is 0 Å². The fraction of sp³-hybridized carbons (Fsp3) is 0.308. The Kier molecular flexibility index (Phi) is 4.62. The van der Waals surface area contributed by atoms with Crippen molar-refractivity contribution in [1.29, 1.82) is 0 Å². The maximum Gasteiger partial charge on any atom is 0.244 e. The minimum Gasteiger partial charge on any atom is -0.281 e. The average molecular weight is 358 g/mol. The topological polar surface area (TPSA) is 74.8 Å². The Balaban J connectivity index is 2.11. The van der Waals surface area contributed by atoms with Gasteiger partial charge in [0.2, 0.25) is 10.0 Å². The number of nitrogens with zero attached hydrogens (tertiary/aromatic N) is 1. The Morgan fingerprint density at radius 1 is 1.30 bits per heavy atom. The third kappa shape index (κ3) is 3.28. The van der Waals surface area contributed by atoms with Gasteiger partial charge < -0.3 is 0 Å². The van der Waals surface area contributed by atoms with Gasteiger partial charge in [-0.15, -0.1) is 0 Å². The molecule has 2 N–H and O–H groups in total. The van der Waals surface area contributed by atoms with Gasteiger partial charge in [0.05, 0.1) is 16.2 Å². The predicted molar refractivity (Wildman–Crippen MR) is 81.4 cm³/mol. The molecule has 5 nitrogen and oxygen atoms in total. The van der Waals surface area contributed by atoms with E-state index >= 15 is 0 Å². The Hall–Kier alpha value is -1.18. The second kappa shape index (κ2) is 6.07. The molecule has 0 aliphatic heterocycles. The van der Waals surface area contributed by atoms with E-state index in [4.69, 9.17) is 0 Å². The largest absolute Gasteiger partial charge is 0.281 e. The molecular formula is C13H16BrN3O2S. The minimum absolute atomic E-state index is 0.0778. The highest BCUT2D eigenvalue weighted by Gasteiger charge is 2.23. The van der Waals surface area contributed by atoms with Crippen molar-refractivity contribution in [3.05, 3.63) is 47.3 Å². The van der Waals surface area contributed by atoms with E-state index < -0.39 is 10.0 Å². The zero-order valence-corrected chi connectivity index (χ0v) is 13.6. The van der Waals surface area contributed by atoms with Crippen molar-refractivity contribution >= 4 is 26.0 Å². The molecule has 0 amide bonds. The number of nitrogens with one attached hydrogen (secondary N) is 2. The summed E-state index contributed by atoms with van der Waals surface area (Å²) in [5.74, 6) is 0. The number of sulfonamides is 1. The van der Waals surface area contributed by atoms with E-state index in [1.165, 1.54) is 0 Å². The molecule has 0 aliphatic carbocycles. The molecule has 2 aromatic rings. The molecule has 1 aromatic heterocycles. The second-order valence-electron chi connectivity index (χ2n) is 4.49. The van der Waals surface area contributed by atoms with Crippen LogP contribution in [0, 0.1) is 13.8 Å². The number of hydrogen-bond acceptors (Lipinski definition) is 3.